The van der Waals surface area contributed by atoms with Crippen molar-refractivity contribution in [3.63, 3.8) is 0 Å². The minimum Gasteiger partial charge on any atom is -0.458 e. The van der Waals surface area contributed by atoms with Gasteiger partial charge < -0.3 is 4.74 Å². The molecule has 2 saturated carbocycles. The first-order chi connectivity index (χ1) is 6.93. The Morgan fingerprint density at radius 3 is 2.80 bits per heavy atom. The molecule has 84 valence electrons. The fourth-order valence-corrected chi connectivity index (χ4v) is 4.83. The number of thioether (sulfide) groups is 1. The number of fused-ring (bicyclic) bond motifs is 2. The molecule has 2 nitrogen and oxygen atoms in total. The van der Waals surface area contributed by atoms with Crippen molar-refractivity contribution in [3.8, 4) is 0 Å². The smallest absolute Gasteiger partial charge is 0.316 e. The Hall–Kier alpha value is -0.180. The summed E-state index contributed by atoms with van der Waals surface area (Å²) in [6.07, 6.45) is 2.32. The van der Waals surface area contributed by atoms with E-state index in [-0.39, 0.29) is 11.6 Å². The summed E-state index contributed by atoms with van der Waals surface area (Å²) in [5.41, 5.74) is 0.322. The lowest BCUT2D eigenvalue weighted by atomic mass is 9.85. The van der Waals surface area contributed by atoms with Crippen molar-refractivity contribution in [2.24, 2.45) is 17.3 Å². The second-order valence-electron chi connectivity index (χ2n) is 6.06. The average molecular weight is 226 g/mol. The molecule has 0 unspecified atom stereocenters. The molecule has 2 aliphatic carbocycles. The van der Waals surface area contributed by atoms with Gasteiger partial charge in [0.15, 0.2) is 0 Å². The summed E-state index contributed by atoms with van der Waals surface area (Å²) in [7, 11) is 0. The zero-order chi connectivity index (χ0) is 10.8. The summed E-state index contributed by atoms with van der Waals surface area (Å²) in [6, 6.07) is 0. The minimum atomic E-state index is -0.172. The van der Waals surface area contributed by atoms with Crippen LogP contribution in [0.4, 0.5) is 0 Å². The molecule has 1 aliphatic heterocycles. The monoisotopic (exact) mass is 226 g/mol. The molecule has 0 radical (unpaired) electrons. The van der Waals surface area contributed by atoms with Gasteiger partial charge in [-0.15, -0.1) is 11.8 Å². The molecule has 3 fully saturated rings. The van der Waals surface area contributed by atoms with Crippen LogP contribution in [0.1, 0.15) is 33.6 Å². The van der Waals surface area contributed by atoms with Crippen LogP contribution in [0.3, 0.4) is 0 Å². The maximum atomic E-state index is 11.4. The van der Waals surface area contributed by atoms with Crippen molar-refractivity contribution < 1.29 is 9.53 Å². The van der Waals surface area contributed by atoms with Gasteiger partial charge in [0.25, 0.3) is 0 Å². The predicted octanol–water partition coefficient (Wildman–Crippen LogP) is 2.47. The summed E-state index contributed by atoms with van der Waals surface area (Å²) in [5, 5.41) is 0.540. The van der Waals surface area contributed by atoms with Crippen molar-refractivity contribution in [2.45, 2.75) is 44.5 Å². The minimum absolute atomic E-state index is 0.0179. The first kappa shape index (κ1) is 10.0. The molecule has 0 spiro atoms. The van der Waals surface area contributed by atoms with E-state index in [4.69, 9.17) is 4.74 Å². The van der Waals surface area contributed by atoms with Gasteiger partial charge in [-0.3, -0.25) is 4.79 Å². The molecule has 0 N–H and O–H groups in total. The Bertz CT molecular complexity index is 326. The lowest BCUT2D eigenvalue weighted by molar-refractivity contribution is -0.158. The van der Waals surface area contributed by atoms with E-state index >= 15 is 0 Å². The van der Waals surface area contributed by atoms with Gasteiger partial charge in [0.1, 0.15) is 5.60 Å². The van der Waals surface area contributed by atoms with Gasteiger partial charge in [0, 0.05) is 5.25 Å². The normalized spacial score (nSPS) is 51.4. The maximum absolute atomic E-state index is 11.4. The molecular weight excluding hydrogens is 208 g/mol. The molecule has 1 heterocycles. The van der Waals surface area contributed by atoms with Crippen molar-refractivity contribution in [1.29, 1.82) is 0 Å². The van der Waals surface area contributed by atoms with Crippen LogP contribution in [0.2, 0.25) is 0 Å². The lowest BCUT2D eigenvalue weighted by Gasteiger charge is -2.43. The van der Waals surface area contributed by atoms with E-state index in [2.05, 4.69) is 20.8 Å². The van der Waals surface area contributed by atoms with E-state index in [0.717, 1.165) is 18.3 Å². The highest BCUT2D eigenvalue weighted by Crippen LogP contribution is 2.68. The van der Waals surface area contributed by atoms with E-state index < -0.39 is 0 Å². The van der Waals surface area contributed by atoms with Gasteiger partial charge in [-0.05, 0) is 37.0 Å². The van der Waals surface area contributed by atoms with Gasteiger partial charge in [0.05, 0.1) is 5.75 Å². The summed E-state index contributed by atoms with van der Waals surface area (Å²) >= 11 is 1.81. The van der Waals surface area contributed by atoms with Crippen LogP contribution in [0.15, 0.2) is 0 Å². The van der Waals surface area contributed by atoms with Crippen molar-refractivity contribution >= 4 is 17.7 Å². The second kappa shape index (κ2) is 2.73. The van der Waals surface area contributed by atoms with Crippen LogP contribution in [0, 0.1) is 17.3 Å². The molecule has 0 aromatic heterocycles. The van der Waals surface area contributed by atoms with Crippen LogP contribution in [-0.2, 0) is 9.53 Å². The molecule has 0 bridgehead atoms. The quantitative estimate of drug-likeness (QED) is 0.594. The first-order valence-corrected chi connectivity index (χ1v) is 6.82. The number of hydrogen-bond donors (Lipinski definition) is 0. The molecule has 15 heavy (non-hydrogen) atoms. The molecule has 1 saturated heterocycles. The maximum Gasteiger partial charge on any atom is 0.316 e. The molecule has 3 rings (SSSR count). The number of carbonyl (C=O) groups excluding carboxylic acids is 1. The molecule has 0 amide bonds. The van der Waals surface area contributed by atoms with E-state index in [1.807, 2.05) is 11.8 Å². The molecular formula is C12H18O2S. The Balaban J connectivity index is 1.84. The van der Waals surface area contributed by atoms with Crippen molar-refractivity contribution in [1.82, 2.24) is 0 Å². The van der Waals surface area contributed by atoms with Crippen molar-refractivity contribution in [3.05, 3.63) is 0 Å². The van der Waals surface area contributed by atoms with E-state index in [1.54, 1.807) is 0 Å². The van der Waals surface area contributed by atoms with E-state index in [0.29, 0.717) is 16.4 Å². The highest BCUT2D eigenvalue weighted by molar-refractivity contribution is 8.00. The predicted molar refractivity (Wildman–Crippen MR) is 60.7 cm³/mol. The van der Waals surface area contributed by atoms with Gasteiger partial charge >= 0.3 is 5.97 Å². The zero-order valence-electron chi connectivity index (χ0n) is 9.58. The largest absolute Gasteiger partial charge is 0.458 e. The van der Waals surface area contributed by atoms with Gasteiger partial charge in [-0.1, -0.05) is 13.8 Å². The summed E-state index contributed by atoms with van der Waals surface area (Å²) in [6.45, 7) is 6.84. The fraction of sp³-hybridized carbons (Fsp3) is 0.917. The second-order valence-corrected chi connectivity index (χ2v) is 7.25. The Morgan fingerprint density at radius 2 is 2.07 bits per heavy atom. The van der Waals surface area contributed by atoms with E-state index in [1.165, 1.54) is 6.42 Å². The highest BCUT2D eigenvalue weighted by atomic mass is 32.2. The number of hydrogen-bond acceptors (Lipinski definition) is 3. The number of carbonyl (C=O) groups is 1. The Kier molecular flexibility index (Phi) is 1.82. The fourth-order valence-electron chi connectivity index (χ4n) is 3.59. The summed E-state index contributed by atoms with van der Waals surface area (Å²) in [5.74, 6) is 2.19. The number of rotatable bonds is 0. The third kappa shape index (κ3) is 1.28. The standard InChI is InChI=1S/C12H18O2S/c1-11(2)7-4-9-12(3,5-8(7)11)14-10(13)6-15-9/h7-9H,4-6H2,1-3H3/t7-,8+,9+,12+/m0/s1. The number of ether oxygens (including phenoxy) is 1. The molecule has 3 aliphatic rings. The van der Waals surface area contributed by atoms with Crippen LogP contribution in [-0.4, -0.2) is 22.6 Å². The van der Waals surface area contributed by atoms with E-state index in [9.17, 15) is 4.79 Å². The van der Waals surface area contributed by atoms with Crippen molar-refractivity contribution in [2.75, 3.05) is 5.75 Å². The molecule has 0 aromatic rings. The Morgan fingerprint density at radius 1 is 1.33 bits per heavy atom. The third-order valence-corrected chi connectivity index (χ3v) is 6.31. The lowest BCUT2D eigenvalue weighted by Crippen LogP contribution is -2.49. The van der Waals surface area contributed by atoms with Gasteiger partial charge in [0.2, 0.25) is 0 Å². The third-order valence-electron chi connectivity index (χ3n) is 4.81. The first-order valence-electron chi connectivity index (χ1n) is 5.77. The average Bonchev–Trinajstić information content (AvgIpc) is 2.63. The van der Waals surface area contributed by atoms with Gasteiger partial charge in [-0.25, -0.2) is 0 Å². The number of esters is 1. The van der Waals surface area contributed by atoms with Crippen LogP contribution in [0.5, 0.6) is 0 Å². The SMILES string of the molecule is CC1(C)[C@@H]2C[C@@]3(C)OC(=O)CS[C@@H]3C[C@@H]21. The van der Waals surface area contributed by atoms with Gasteiger partial charge in [-0.2, -0.15) is 0 Å². The Labute approximate surface area is 95.1 Å². The molecule has 4 atom stereocenters. The topological polar surface area (TPSA) is 26.3 Å². The molecule has 3 heteroatoms. The van der Waals surface area contributed by atoms with Crippen LogP contribution in [0.25, 0.3) is 0 Å². The highest BCUT2D eigenvalue weighted by Gasteiger charge is 2.65. The zero-order valence-corrected chi connectivity index (χ0v) is 10.4. The summed E-state index contributed by atoms with van der Waals surface area (Å²) in [4.78, 5) is 11.4. The van der Waals surface area contributed by atoms with Crippen LogP contribution >= 0.6 is 11.8 Å². The molecule has 0 aromatic carbocycles. The van der Waals surface area contributed by atoms with Crippen LogP contribution < -0.4 is 0 Å². The summed E-state index contributed by atoms with van der Waals surface area (Å²) < 4.78 is 5.61.